The van der Waals surface area contributed by atoms with Crippen LogP contribution in [0.4, 0.5) is 0 Å². The Labute approximate surface area is 39.3 Å². The van der Waals surface area contributed by atoms with E-state index < -0.39 is 0 Å². The Morgan fingerprint density at radius 2 is 2.14 bits per heavy atom. The summed E-state index contributed by atoms with van der Waals surface area (Å²) < 4.78 is 4.92. The third-order valence-corrected chi connectivity index (χ3v) is 0.493. The van der Waals surface area contributed by atoms with Crippen molar-refractivity contribution in [1.29, 1.82) is 0 Å². The van der Waals surface area contributed by atoms with Gasteiger partial charge in [0.1, 0.15) is 0 Å². The molecule has 2 heteroatoms. The molecule has 0 aliphatic heterocycles. The van der Waals surface area contributed by atoms with E-state index in [0.717, 1.165) is 19.6 Å². The Kier molecular flexibility index (Phi) is 11.9. The number of hydrogen-bond donors (Lipinski definition) is 0. The Hall–Kier alpha value is -1.04. The maximum Gasteiger partial charge on any atom is 0.0436 e. The average Bonchev–Trinajstić information content (AvgIpc) is 1.61. The van der Waals surface area contributed by atoms with Crippen molar-refractivity contribution in [3.63, 3.8) is 0 Å². The molecule has 0 fully saturated rings. The van der Waals surface area contributed by atoms with Crippen LogP contribution < -0.4 is 0 Å². The van der Waals surface area contributed by atoms with E-state index in [1.807, 2.05) is 6.92 Å². The van der Waals surface area contributed by atoms with E-state index in [9.17, 15) is 0 Å². The summed E-state index contributed by atoms with van der Waals surface area (Å²) >= 11 is 0. The smallest absolute Gasteiger partial charge is 0.0436 e. The quantitative estimate of drug-likeness (QED) is 0.548. The molecule has 0 saturated carbocycles. The molecule has 0 aliphatic carbocycles. The first-order valence-corrected chi connectivity index (χ1v) is 2.28. The van der Waals surface area contributed by atoms with Gasteiger partial charge in [-0.05, 0) is 6.92 Å². The summed E-state index contributed by atoms with van der Waals surface area (Å²) in [6.45, 7) is 7.20. The molecule has 0 N–H and O–H groups in total. The van der Waals surface area contributed by atoms with Crippen LogP contribution in [0.2, 0.25) is 0 Å². The van der Waals surface area contributed by atoms with Crippen molar-refractivity contribution in [2.24, 2.45) is 0 Å². The van der Waals surface area contributed by atoms with Gasteiger partial charge in [0.2, 0.25) is 0 Å². The molecule has 0 spiro atoms. The van der Waals surface area contributed by atoms with Crippen LogP contribution in [0.5, 0.6) is 0 Å². The van der Waals surface area contributed by atoms with E-state index in [0.29, 0.717) is 0 Å². The zero-order chi connectivity index (χ0) is 4.83. The predicted molar refractivity (Wildman–Crippen MR) is 26.5 cm³/mol. The molecule has 0 rings (SSSR count). The normalized spacial score (nSPS) is 7.71. The summed E-state index contributed by atoms with van der Waals surface area (Å²) in [7, 11) is 0. The van der Waals surface area contributed by atoms with E-state index in [4.69, 9.17) is 4.74 Å². The molecule has 0 aromatic rings. The minimum Gasteiger partial charge on any atom is -0.384 e. The van der Waals surface area contributed by atoms with Gasteiger partial charge in [0, 0.05) is 13.2 Å². The molecule has 0 aromatic heterocycles. The summed E-state index contributed by atoms with van der Waals surface area (Å²) in [5.41, 5.74) is 0. The first-order chi connectivity index (χ1) is 2.91. The first kappa shape index (κ1) is 9.35. The summed E-state index contributed by atoms with van der Waals surface area (Å²) in [5.74, 6) is 0. The molecule has 1 nitrogen and oxygen atoms in total. The molecule has 0 radical (unpaired) electrons. The molecule has 0 atom stereocenters. The average molecular weight is 354 g/mol. The van der Waals surface area contributed by atoms with Crippen molar-refractivity contribution in [2.45, 2.75) is 13.3 Å². The molecule has 0 aromatic carbocycles. The van der Waals surface area contributed by atoms with Crippen LogP contribution >= 0.6 is 0 Å². The maximum absolute atomic E-state index is 4.92. The van der Waals surface area contributed by atoms with Gasteiger partial charge in [0.15, 0.2) is 0 Å². The van der Waals surface area contributed by atoms with E-state index >= 15 is 0 Å². The topological polar surface area (TPSA) is 9.23 Å². The fraction of sp³-hybridized carbons (Fsp3) is 0.800. The van der Waals surface area contributed by atoms with Crippen molar-refractivity contribution < 1.29 is 4.74 Å². The van der Waals surface area contributed by atoms with Crippen LogP contribution in [-0.4, -0.2) is 13.2 Å². The third-order valence-electron chi connectivity index (χ3n) is 0.493. The second kappa shape index (κ2) is 8.88. The molecule has 40 valence electrons. The second-order valence-corrected chi connectivity index (χ2v) is 1.05. The van der Waals surface area contributed by atoms with Crippen molar-refractivity contribution in [2.75, 3.05) is 13.2 Å². The summed E-state index contributed by atoms with van der Waals surface area (Å²) in [5, 5.41) is 0. The Balaban J connectivity index is 0. The summed E-state index contributed by atoms with van der Waals surface area (Å²) in [6, 6.07) is 0. The van der Waals surface area contributed by atoms with Crippen LogP contribution in [0.1, 0.15) is 13.3 Å². The van der Waals surface area contributed by atoms with Crippen LogP contribution in [0.15, 0.2) is 0 Å². The predicted octanol–water partition coefficient (Wildman–Crippen LogP) is 1.25. The van der Waals surface area contributed by atoms with E-state index in [-0.39, 0.29) is 0 Å². The molecule has 0 saturated heterocycles. The van der Waals surface area contributed by atoms with E-state index in [2.05, 4.69) is 6.92 Å². The van der Waals surface area contributed by atoms with Crippen molar-refractivity contribution >= 4 is 0 Å². The summed E-state index contributed by atoms with van der Waals surface area (Å²) in [6.07, 6.45) is 0.883. The van der Waals surface area contributed by atoms with Gasteiger partial charge in [-0.25, -0.2) is 0 Å². The molecular weight excluding hydrogens is 343 g/mol. The fourth-order valence-corrected chi connectivity index (χ4v) is 0.246. The molecule has 0 bridgehead atoms. The number of rotatable bonds is 3. The number of hydrogen-bond acceptors (Lipinski definition) is 1. The zero-order valence-corrected chi connectivity index (χ0v) is 11.3. The van der Waals surface area contributed by atoms with Crippen LogP contribution in [0.3, 0.4) is 0 Å². The molecule has 0 amide bonds. The van der Waals surface area contributed by atoms with Gasteiger partial charge in [-0.1, -0.05) is 0 Å². The van der Waals surface area contributed by atoms with Crippen LogP contribution in [0, 0.1) is 6.92 Å². The molecular formula is C5H11ORf-. The molecule has 0 unspecified atom stereocenters. The zero-order valence-electron chi connectivity index (χ0n) is 4.94. The van der Waals surface area contributed by atoms with Gasteiger partial charge in [-0.15, -0.1) is 0 Å². The minimum absolute atomic E-state index is 0. The van der Waals surface area contributed by atoms with Gasteiger partial charge in [-0.3, -0.25) is 0 Å². The SMILES string of the molecule is [CH2-]CCOCC.[Rf]. The van der Waals surface area contributed by atoms with Gasteiger partial charge in [0.05, 0.1) is 0 Å². The van der Waals surface area contributed by atoms with Crippen LogP contribution in [-0.2, 0) is 4.74 Å². The van der Waals surface area contributed by atoms with Crippen LogP contribution in [0.25, 0.3) is 0 Å². The summed E-state index contributed by atoms with van der Waals surface area (Å²) in [4.78, 5) is 0. The maximum atomic E-state index is 4.92. The minimum atomic E-state index is 0. The molecule has 7 heavy (non-hydrogen) atoms. The van der Waals surface area contributed by atoms with Crippen molar-refractivity contribution in [1.82, 2.24) is 0 Å². The Morgan fingerprint density at radius 1 is 1.57 bits per heavy atom. The van der Waals surface area contributed by atoms with Gasteiger partial charge < -0.3 is 11.7 Å². The van der Waals surface area contributed by atoms with Gasteiger partial charge in [-0.2, -0.15) is 6.42 Å². The van der Waals surface area contributed by atoms with Gasteiger partial charge >= 0.3 is 0 Å². The molecule has 0 aliphatic rings. The molecule has 0 heterocycles. The van der Waals surface area contributed by atoms with Crippen molar-refractivity contribution in [3.8, 4) is 0 Å². The second-order valence-electron chi connectivity index (χ2n) is 1.05. The fourth-order valence-electron chi connectivity index (χ4n) is 0.246. The van der Waals surface area contributed by atoms with E-state index in [1.54, 1.807) is 0 Å². The first-order valence-electron chi connectivity index (χ1n) is 2.28. The Bertz CT molecular complexity index is 20.0. The van der Waals surface area contributed by atoms with Gasteiger partial charge in [0.25, 0.3) is 0 Å². The monoisotopic (exact) mass is 354 g/mol. The van der Waals surface area contributed by atoms with Crippen molar-refractivity contribution in [3.05, 3.63) is 6.92 Å². The Morgan fingerprint density at radius 3 is 2.29 bits per heavy atom. The van der Waals surface area contributed by atoms with E-state index in [1.165, 1.54) is 0 Å². The standard InChI is InChI=1S/C5H11O.Rf/c1-3-5-6-4-2;/h1,3-5H2,2H3;/q-1;. The third kappa shape index (κ3) is 11.3. The number of ether oxygens (including phenoxy) is 1. The largest absolute Gasteiger partial charge is 0.384 e.